The summed E-state index contributed by atoms with van der Waals surface area (Å²) < 4.78 is 0. The molecular formula is C44H67N15O13. The summed E-state index contributed by atoms with van der Waals surface area (Å²) in [4.78, 5) is 151. The van der Waals surface area contributed by atoms with Crippen LogP contribution in [0.25, 0.3) is 10.9 Å². The molecule has 0 aliphatic carbocycles. The van der Waals surface area contributed by atoms with Gasteiger partial charge in [0.1, 0.15) is 42.3 Å². The summed E-state index contributed by atoms with van der Waals surface area (Å²) in [5.41, 5.74) is 34.1. The Kier molecular flexibility index (Phi) is 23.3. The van der Waals surface area contributed by atoms with Gasteiger partial charge in [-0.15, -0.1) is 0 Å². The Labute approximate surface area is 413 Å². The van der Waals surface area contributed by atoms with Gasteiger partial charge < -0.3 is 86.4 Å². The number of aliphatic imine (C=N–C) groups is 1. The van der Waals surface area contributed by atoms with Gasteiger partial charge >= 0.3 is 11.9 Å². The molecule has 1 aromatic heterocycles. The molecule has 1 fully saturated rings. The lowest BCUT2D eigenvalue weighted by atomic mass is 10.0. The van der Waals surface area contributed by atoms with E-state index in [1.807, 2.05) is 0 Å². The Morgan fingerprint density at radius 1 is 0.722 bits per heavy atom. The van der Waals surface area contributed by atoms with E-state index in [2.05, 4.69) is 41.9 Å². The number of carbonyl (C=O) groups is 11. The Balaban J connectivity index is 1.89. The minimum atomic E-state index is -1.92. The first-order valence-corrected chi connectivity index (χ1v) is 23.2. The highest BCUT2D eigenvalue weighted by Crippen LogP contribution is 2.21. The molecule has 2 aromatic rings. The Morgan fingerprint density at radius 3 is 1.96 bits per heavy atom. The lowest BCUT2D eigenvalue weighted by Gasteiger charge is -2.29. The molecule has 1 saturated heterocycles. The molecule has 28 nitrogen and oxygen atoms in total. The van der Waals surface area contributed by atoms with Gasteiger partial charge in [-0.3, -0.25) is 52.9 Å². The summed E-state index contributed by atoms with van der Waals surface area (Å²) in [6.45, 7) is 1.66. The van der Waals surface area contributed by atoms with Gasteiger partial charge in [-0.25, -0.2) is 4.79 Å². The van der Waals surface area contributed by atoms with Gasteiger partial charge in [0, 0.05) is 43.0 Å². The number of aliphatic carboxylic acids is 2. The number of nitrogens with zero attached hydrogens (tertiary/aromatic N) is 2. The summed E-state index contributed by atoms with van der Waals surface area (Å²) in [6.07, 6.45) is 0.452. The number of fused-ring (bicyclic) bond motifs is 1. The molecule has 2 heterocycles. The second-order valence-electron chi connectivity index (χ2n) is 17.2. The van der Waals surface area contributed by atoms with Gasteiger partial charge in [-0.1, -0.05) is 24.6 Å². The fourth-order valence-corrected chi connectivity index (χ4v) is 7.77. The Hall–Kier alpha value is -7.88. The molecule has 1 aromatic carbocycles. The predicted molar refractivity (Wildman–Crippen MR) is 257 cm³/mol. The van der Waals surface area contributed by atoms with Crippen LogP contribution in [0.3, 0.4) is 0 Å². The maximum Gasteiger partial charge on any atom is 0.326 e. The Bertz CT molecular complexity index is 2320. The normalized spacial score (nSPS) is 16.0. The number of aromatic amines is 1. The monoisotopic (exact) mass is 1010 g/mol. The number of carboxylic acids is 2. The summed E-state index contributed by atoms with van der Waals surface area (Å²) in [7, 11) is 0. The molecule has 3 rings (SSSR count). The molecule has 9 amide bonds. The quantitative estimate of drug-likeness (QED) is 0.0191. The van der Waals surface area contributed by atoms with E-state index in [1.165, 1.54) is 6.92 Å². The maximum absolute atomic E-state index is 14.3. The number of guanidine groups is 1. The van der Waals surface area contributed by atoms with Crippen LogP contribution in [0.5, 0.6) is 0 Å². The summed E-state index contributed by atoms with van der Waals surface area (Å²) >= 11 is 0. The first kappa shape index (κ1) is 58.4. The third-order valence-corrected chi connectivity index (χ3v) is 11.5. The fraction of sp³-hybridized carbons (Fsp3) is 0.545. The van der Waals surface area contributed by atoms with Crippen molar-refractivity contribution < 1.29 is 63.0 Å². The van der Waals surface area contributed by atoms with Crippen LogP contribution in [0.15, 0.2) is 35.5 Å². The number of amides is 9. The van der Waals surface area contributed by atoms with E-state index in [0.29, 0.717) is 42.3 Å². The molecule has 396 valence electrons. The first-order chi connectivity index (χ1) is 34.0. The number of carboxylic acid groups (broad SMARTS) is 2. The van der Waals surface area contributed by atoms with E-state index in [9.17, 15) is 63.0 Å². The third kappa shape index (κ3) is 18.8. The van der Waals surface area contributed by atoms with E-state index in [1.54, 1.807) is 30.5 Å². The highest BCUT2D eigenvalue weighted by atomic mass is 16.4. The van der Waals surface area contributed by atoms with E-state index in [4.69, 9.17) is 34.4 Å². The second-order valence-corrected chi connectivity index (χ2v) is 17.2. The molecule has 0 saturated carbocycles. The van der Waals surface area contributed by atoms with Crippen LogP contribution in [-0.2, 0) is 59.2 Å². The lowest BCUT2D eigenvalue weighted by Crippen LogP contribution is -2.60. The van der Waals surface area contributed by atoms with Crippen LogP contribution < -0.4 is 66.3 Å². The smallest absolute Gasteiger partial charge is 0.326 e. The van der Waals surface area contributed by atoms with E-state index >= 15 is 0 Å². The minimum absolute atomic E-state index is 0.0419. The molecule has 0 unspecified atom stereocenters. The van der Waals surface area contributed by atoms with Crippen molar-refractivity contribution in [3.05, 3.63) is 36.0 Å². The highest BCUT2D eigenvalue weighted by Gasteiger charge is 2.39. The number of primary amides is 2. The molecule has 0 bridgehead atoms. The van der Waals surface area contributed by atoms with Crippen molar-refractivity contribution in [2.24, 2.45) is 39.4 Å². The van der Waals surface area contributed by atoms with Gasteiger partial charge in [-0.05, 0) is 70.0 Å². The number of likely N-dealkylation sites (tertiary alicyclic amines) is 1. The molecule has 28 heteroatoms. The number of nitrogens with one attached hydrogen (secondary N) is 7. The summed E-state index contributed by atoms with van der Waals surface area (Å²) in [6, 6.07) is -4.84. The van der Waals surface area contributed by atoms with Gasteiger partial charge in [-0.2, -0.15) is 0 Å². The lowest BCUT2D eigenvalue weighted by molar-refractivity contribution is -0.145. The molecular weight excluding hydrogens is 947 g/mol. The number of rotatable bonds is 31. The Morgan fingerprint density at radius 2 is 1.33 bits per heavy atom. The molecule has 21 N–H and O–H groups in total. The average molecular weight is 1010 g/mol. The number of hydrogen-bond donors (Lipinski definition) is 15. The van der Waals surface area contributed by atoms with Crippen LogP contribution in [0.2, 0.25) is 0 Å². The number of carbonyl (C=O) groups excluding carboxylic acids is 9. The van der Waals surface area contributed by atoms with Gasteiger partial charge in [0.15, 0.2) is 5.96 Å². The molecule has 0 radical (unpaired) electrons. The van der Waals surface area contributed by atoms with E-state index in [-0.39, 0.29) is 64.0 Å². The summed E-state index contributed by atoms with van der Waals surface area (Å²) in [5, 5.41) is 34.6. The summed E-state index contributed by atoms with van der Waals surface area (Å²) in [5.74, 6) is -11.7. The fourth-order valence-electron chi connectivity index (χ4n) is 7.77. The van der Waals surface area contributed by atoms with Crippen molar-refractivity contribution in [1.82, 2.24) is 41.8 Å². The van der Waals surface area contributed by atoms with Crippen LogP contribution in [0.1, 0.15) is 83.1 Å². The standard InChI is InChI=1S/C44H67N15O13/c1-22(42(70)59-17-7-12-32(59)41(69)55-28(43(71)72)13-14-33(47)60)53-37(65)27(11-6-16-51-44(49)50)54-40(68)31(20-35(62)63)58-38(66)29(18-23-21-52-26-10-3-2-8-24(23)26)57-39(67)30(19-34(48)61)56-36(64)25(46)9-4-5-15-45/h2-3,8,10,21-22,25,27-32,52H,4-7,9,11-20,45-46H2,1H3,(H2,47,60)(H2,48,61)(H,53,65)(H,54,68)(H,55,69)(H,56,64)(H,57,67)(H,58,66)(H,62,63)(H,71,72)(H4,49,50,51)/t22-,25-,27-,28-,29-,30-,31-,32-/m0/s1. The molecule has 1 aliphatic heterocycles. The molecule has 1 aliphatic rings. The van der Waals surface area contributed by atoms with Gasteiger partial charge in [0.05, 0.1) is 18.9 Å². The largest absolute Gasteiger partial charge is 0.481 e. The van der Waals surface area contributed by atoms with Crippen LogP contribution in [0.4, 0.5) is 0 Å². The number of aromatic nitrogens is 1. The number of hydrogen-bond acceptors (Lipinski definition) is 14. The second kappa shape index (κ2) is 28.7. The maximum atomic E-state index is 14.3. The van der Waals surface area contributed by atoms with Crippen LogP contribution >= 0.6 is 0 Å². The van der Waals surface area contributed by atoms with E-state index < -0.39 is 126 Å². The van der Waals surface area contributed by atoms with Gasteiger partial charge in [0.2, 0.25) is 53.2 Å². The number of para-hydroxylation sites is 1. The zero-order valence-electron chi connectivity index (χ0n) is 39.9. The third-order valence-electron chi connectivity index (χ3n) is 11.5. The van der Waals surface area contributed by atoms with Crippen molar-refractivity contribution in [3.63, 3.8) is 0 Å². The van der Waals surface area contributed by atoms with Crippen molar-refractivity contribution in [1.29, 1.82) is 0 Å². The van der Waals surface area contributed by atoms with Crippen LogP contribution in [-0.4, -0.2) is 159 Å². The first-order valence-electron chi connectivity index (χ1n) is 23.2. The predicted octanol–water partition coefficient (Wildman–Crippen LogP) is -5.16. The average Bonchev–Trinajstić information content (AvgIpc) is 3.97. The minimum Gasteiger partial charge on any atom is -0.481 e. The van der Waals surface area contributed by atoms with Crippen LogP contribution in [0, 0.1) is 0 Å². The molecule has 0 spiro atoms. The van der Waals surface area contributed by atoms with Crippen molar-refractivity contribution in [2.75, 3.05) is 19.6 Å². The number of H-pyrrole nitrogens is 1. The highest BCUT2D eigenvalue weighted by molar-refractivity contribution is 5.99. The van der Waals surface area contributed by atoms with Crippen molar-refractivity contribution >= 4 is 82.0 Å². The molecule has 8 atom stereocenters. The van der Waals surface area contributed by atoms with E-state index in [0.717, 1.165) is 4.90 Å². The van der Waals surface area contributed by atoms with Crippen molar-refractivity contribution in [3.8, 4) is 0 Å². The SMILES string of the molecule is C[C@H](NC(=O)[C@H](CCCN=C(N)N)NC(=O)[C@H](CC(=O)O)NC(=O)[C@H](Cc1c[nH]c2ccccc12)NC(=O)[C@H](CC(N)=O)NC(=O)[C@@H](N)CCCCN)C(=O)N1CCC[C@H]1C(=O)N[C@@H](CCC(N)=O)C(=O)O. The van der Waals surface area contributed by atoms with Crippen molar-refractivity contribution in [2.45, 2.75) is 132 Å². The zero-order valence-corrected chi connectivity index (χ0v) is 39.9. The zero-order chi connectivity index (χ0) is 53.7. The number of unbranched alkanes of at least 4 members (excludes halogenated alkanes) is 1. The number of nitrogens with two attached hydrogens (primary N) is 6. The van der Waals surface area contributed by atoms with Gasteiger partial charge in [0.25, 0.3) is 0 Å². The topological polar surface area (TPSA) is 488 Å². The number of benzene rings is 1. The molecule has 72 heavy (non-hydrogen) atoms.